The highest BCUT2D eigenvalue weighted by atomic mass is 19.1. The van der Waals surface area contributed by atoms with Crippen molar-refractivity contribution in [2.45, 2.75) is 13.2 Å². The first-order valence-electron chi connectivity index (χ1n) is 9.95. The number of ether oxygens (including phenoxy) is 2. The zero-order valence-corrected chi connectivity index (χ0v) is 17.0. The first-order valence-corrected chi connectivity index (χ1v) is 9.95. The van der Waals surface area contributed by atoms with E-state index in [1.807, 2.05) is 12.1 Å². The van der Waals surface area contributed by atoms with Gasteiger partial charge < -0.3 is 19.2 Å². The molecule has 1 N–H and O–H groups in total. The van der Waals surface area contributed by atoms with E-state index in [-0.39, 0.29) is 24.9 Å². The van der Waals surface area contributed by atoms with E-state index in [4.69, 9.17) is 13.9 Å². The third-order valence-electron chi connectivity index (χ3n) is 4.67. The van der Waals surface area contributed by atoms with E-state index in [9.17, 15) is 14.0 Å². The van der Waals surface area contributed by atoms with Crippen LogP contribution in [0.4, 0.5) is 4.39 Å². The number of carbonyl (C=O) groups excluding carboxylic acids is 1. The number of amides is 1. The molecule has 0 aliphatic rings. The van der Waals surface area contributed by atoms with Crippen LogP contribution in [0.5, 0.6) is 11.5 Å². The third kappa shape index (κ3) is 5.72. The Morgan fingerprint density at radius 3 is 2.47 bits per heavy atom. The quantitative estimate of drug-likeness (QED) is 0.421. The van der Waals surface area contributed by atoms with Crippen molar-refractivity contribution in [3.05, 3.63) is 106 Å². The molecular formula is C25H20FNO5. The molecular weight excluding hydrogens is 413 g/mol. The smallest absolute Gasteiger partial charge is 0.336 e. The van der Waals surface area contributed by atoms with Crippen molar-refractivity contribution in [2.24, 2.45) is 0 Å². The summed E-state index contributed by atoms with van der Waals surface area (Å²) >= 11 is 0. The Morgan fingerprint density at radius 2 is 1.66 bits per heavy atom. The first kappa shape index (κ1) is 21.1. The number of benzene rings is 3. The van der Waals surface area contributed by atoms with Crippen molar-refractivity contribution in [1.29, 1.82) is 0 Å². The predicted octanol–water partition coefficient (Wildman–Crippen LogP) is 4.21. The summed E-state index contributed by atoms with van der Waals surface area (Å²) in [4.78, 5) is 23.4. The summed E-state index contributed by atoms with van der Waals surface area (Å²) in [5.41, 5.74) is 1.59. The zero-order chi connectivity index (χ0) is 22.3. The fraction of sp³-hybridized carbons (Fsp3) is 0.120. The molecule has 1 amide bonds. The summed E-state index contributed by atoms with van der Waals surface area (Å²) in [6, 6.07) is 21.6. The highest BCUT2D eigenvalue weighted by Gasteiger charge is 2.06. The second-order valence-electron chi connectivity index (χ2n) is 7.08. The van der Waals surface area contributed by atoms with E-state index in [1.54, 1.807) is 48.5 Å². The van der Waals surface area contributed by atoms with E-state index < -0.39 is 5.63 Å². The Balaban J connectivity index is 1.23. The summed E-state index contributed by atoms with van der Waals surface area (Å²) in [6.45, 7) is 0.430. The lowest BCUT2D eigenvalue weighted by Crippen LogP contribution is -2.28. The van der Waals surface area contributed by atoms with Crippen LogP contribution in [0.2, 0.25) is 0 Å². The number of hydrogen-bond donors (Lipinski definition) is 1. The summed E-state index contributed by atoms with van der Waals surface area (Å²) in [7, 11) is 0. The molecule has 32 heavy (non-hydrogen) atoms. The minimum absolute atomic E-state index is 0.169. The maximum atomic E-state index is 13.2. The zero-order valence-electron chi connectivity index (χ0n) is 17.0. The van der Waals surface area contributed by atoms with Crippen molar-refractivity contribution in [2.75, 3.05) is 6.61 Å². The fourth-order valence-electron chi connectivity index (χ4n) is 3.03. The average Bonchev–Trinajstić information content (AvgIpc) is 2.80. The van der Waals surface area contributed by atoms with Crippen LogP contribution in [0.15, 0.2) is 88.1 Å². The molecule has 0 radical (unpaired) electrons. The number of nitrogens with one attached hydrogen (secondary N) is 1. The van der Waals surface area contributed by atoms with Crippen LogP contribution in [0, 0.1) is 5.82 Å². The highest BCUT2D eigenvalue weighted by molar-refractivity contribution is 5.79. The molecule has 0 saturated heterocycles. The molecule has 162 valence electrons. The standard InChI is InChI=1S/C25H20FNO5/c26-20-3-1-2-18(12-20)15-30-21-8-4-17(5-9-21)14-27-24(28)16-31-22-10-6-19-7-11-25(29)32-23(19)13-22/h1-13H,14-16H2,(H,27,28). The molecule has 1 aromatic heterocycles. The number of hydrogen-bond acceptors (Lipinski definition) is 5. The topological polar surface area (TPSA) is 77.8 Å². The van der Waals surface area contributed by atoms with Crippen molar-refractivity contribution in [3.8, 4) is 11.5 Å². The van der Waals surface area contributed by atoms with Crippen LogP contribution < -0.4 is 20.4 Å². The van der Waals surface area contributed by atoms with Crippen LogP contribution in [0.25, 0.3) is 11.0 Å². The number of rotatable bonds is 8. The normalized spacial score (nSPS) is 10.7. The lowest BCUT2D eigenvalue weighted by Gasteiger charge is -2.09. The minimum Gasteiger partial charge on any atom is -0.489 e. The molecule has 0 saturated carbocycles. The van der Waals surface area contributed by atoms with Gasteiger partial charge in [0.25, 0.3) is 5.91 Å². The lowest BCUT2D eigenvalue weighted by molar-refractivity contribution is -0.123. The Kier molecular flexibility index (Phi) is 6.46. The van der Waals surface area contributed by atoms with Crippen molar-refractivity contribution >= 4 is 16.9 Å². The molecule has 0 aliphatic heterocycles. The van der Waals surface area contributed by atoms with Crippen LogP contribution in [-0.2, 0) is 17.9 Å². The number of halogens is 1. The maximum absolute atomic E-state index is 13.2. The molecule has 3 aromatic carbocycles. The van der Waals surface area contributed by atoms with Crippen LogP contribution in [0.3, 0.4) is 0 Å². The summed E-state index contributed by atoms with van der Waals surface area (Å²) in [5, 5.41) is 3.55. The van der Waals surface area contributed by atoms with Gasteiger partial charge in [-0.25, -0.2) is 9.18 Å². The fourth-order valence-corrected chi connectivity index (χ4v) is 3.03. The molecule has 0 aliphatic carbocycles. The summed E-state index contributed by atoms with van der Waals surface area (Å²) < 4.78 is 29.5. The van der Waals surface area contributed by atoms with Crippen molar-refractivity contribution < 1.29 is 23.1 Å². The predicted molar refractivity (Wildman–Crippen MR) is 117 cm³/mol. The van der Waals surface area contributed by atoms with Gasteiger partial charge >= 0.3 is 5.63 Å². The van der Waals surface area contributed by atoms with Crippen molar-refractivity contribution in [3.63, 3.8) is 0 Å². The van der Waals surface area contributed by atoms with Gasteiger partial charge in [-0.15, -0.1) is 0 Å². The van der Waals surface area contributed by atoms with Gasteiger partial charge in [0.05, 0.1) is 0 Å². The Bertz CT molecular complexity index is 1280. The van der Waals surface area contributed by atoms with Gasteiger partial charge in [-0.1, -0.05) is 24.3 Å². The third-order valence-corrected chi connectivity index (χ3v) is 4.67. The molecule has 0 unspecified atom stereocenters. The maximum Gasteiger partial charge on any atom is 0.336 e. The second-order valence-corrected chi connectivity index (χ2v) is 7.08. The number of fused-ring (bicyclic) bond motifs is 1. The van der Waals surface area contributed by atoms with Gasteiger partial charge in [0, 0.05) is 24.1 Å². The molecule has 4 rings (SSSR count). The first-order chi connectivity index (χ1) is 15.5. The molecule has 0 bridgehead atoms. The summed E-state index contributed by atoms with van der Waals surface area (Å²) in [6.07, 6.45) is 0. The van der Waals surface area contributed by atoms with Gasteiger partial charge in [0.15, 0.2) is 6.61 Å². The van der Waals surface area contributed by atoms with Crippen LogP contribution in [-0.4, -0.2) is 12.5 Å². The van der Waals surface area contributed by atoms with E-state index in [1.165, 1.54) is 18.2 Å². The van der Waals surface area contributed by atoms with Gasteiger partial charge in [-0.05, 0) is 53.6 Å². The van der Waals surface area contributed by atoms with Gasteiger partial charge in [0.2, 0.25) is 0 Å². The Morgan fingerprint density at radius 1 is 0.875 bits per heavy atom. The van der Waals surface area contributed by atoms with Crippen molar-refractivity contribution in [1.82, 2.24) is 5.32 Å². The summed E-state index contributed by atoms with van der Waals surface area (Å²) in [5.74, 6) is 0.497. The highest BCUT2D eigenvalue weighted by Crippen LogP contribution is 2.19. The van der Waals surface area contributed by atoms with E-state index >= 15 is 0 Å². The molecule has 0 atom stereocenters. The van der Waals surface area contributed by atoms with Crippen LogP contribution >= 0.6 is 0 Å². The van der Waals surface area contributed by atoms with E-state index in [0.29, 0.717) is 23.6 Å². The lowest BCUT2D eigenvalue weighted by atomic mass is 10.2. The largest absolute Gasteiger partial charge is 0.489 e. The minimum atomic E-state index is -0.447. The molecule has 1 heterocycles. The van der Waals surface area contributed by atoms with Crippen LogP contribution in [0.1, 0.15) is 11.1 Å². The Labute approximate surface area is 183 Å². The van der Waals surface area contributed by atoms with Gasteiger partial charge in [-0.2, -0.15) is 0 Å². The SMILES string of the molecule is O=C(COc1ccc2ccc(=O)oc2c1)NCc1ccc(OCc2cccc(F)c2)cc1. The molecule has 0 fully saturated rings. The monoisotopic (exact) mass is 433 g/mol. The van der Waals surface area contributed by atoms with Gasteiger partial charge in [0.1, 0.15) is 29.5 Å². The van der Waals surface area contributed by atoms with E-state index in [0.717, 1.165) is 16.5 Å². The number of carbonyl (C=O) groups is 1. The molecule has 6 nitrogen and oxygen atoms in total. The molecule has 4 aromatic rings. The Hall–Kier alpha value is -4.13. The van der Waals surface area contributed by atoms with Gasteiger partial charge in [-0.3, -0.25) is 4.79 Å². The molecule has 7 heteroatoms. The van der Waals surface area contributed by atoms with E-state index in [2.05, 4.69) is 5.32 Å². The second kappa shape index (κ2) is 9.78. The molecule has 0 spiro atoms. The average molecular weight is 433 g/mol.